The molecule has 2 unspecified atom stereocenters. The quantitative estimate of drug-likeness (QED) is 0.783. The van der Waals surface area contributed by atoms with Gasteiger partial charge in [0.25, 0.3) is 0 Å². The van der Waals surface area contributed by atoms with E-state index in [2.05, 4.69) is 19.2 Å². The fourth-order valence-corrected chi connectivity index (χ4v) is 3.06. The second-order valence-electron chi connectivity index (χ2n) is 5.64. The van der Waals surface area contributed by atoms with E-state index in [9.17, 15) is 0 Å². The van der Waals surface area contributed by atoms with Gasteiger partial charge in [-0.1, -0.05) is 19.3 Å². The first-order valence-corrected chi connectivity index (χ1v) is 6.54. The van der Waals surface area contributed by atoms with Crippen LogP contribution in [0.3, 0.4) is 0 Å². The highest BCUT2D eigenvalue weighted by Gasteiger charge is 2.46. The van der Waals surface area contributed by atoms with Crippen LogP contribution in [0.25, 0.3) is 0 Å². The van der Waals surface area contributed by atoms with Crippen LogP contribution >= 0.6 is 0 Å². The van der Waals surface area contributed by atoms with Gasteiger partial charge in [0.2, 0.25) is 0 Å². The molecule has 3 heteroatoms. The first kappa shape index (κ1) is 12.3. The van der Waals surface area contributed by atoms with Gasteiger partial charge in [-0.3, -0.25) is 0 Å². The van der Waals surface area contributed by atoms with E-state index in [1.807, 2.05) is 0 Å². The van der Waals surface area contributed by atoms with Gasteiger partial charge in [0.1, 0.15) is 5.60 Å². The van der Waals surface area contributed by atoms with Crippen LogP contribution in [-0.2, 0) is 9.47 Å². The molecule has 1 N–H and O–H groups in total. The third-order valence-electron chi connectivity index (χ3n) is 4.35. The molecule has 2 fully saturated rings. The lowest BCUT2D eigenvalue weighted by molar-refractivity contribution is -0.221. The maximum atomic E-state index is 6.47. The minimum Gasteiger partial charge on any atom is -0.379 e. The molecule has 0 bridgehead atoms. The molecule has 1 aliphatic heterocycles. The zero-order valence-electron chi connectivity index (χ0n) is 10.8. The number of hydrogen-bond donors (Lipinski definition) is 1. The molecule has 2 atom stereocenters. The van der Waals surface area contributed by atoms with Gasteiger partial charge in [0.15, 0.2) is 0 Å². The van der Waals surface area contributed by atoms with E-state index in [0.29, 0.717) is 0 Å². The molecule has 2 rings (SSSR count). The molecule has 0 aromatic carbocycles. The van der Waals surface area contributed by atoms with Crippen LogP contribution in [0.4, 0.5) is 0 Å². The summed E-state index contributed by atoms with van der Waals surface area (Å²) in [4.78, 5) is 0. The molecule has 16 heavy (non-hydrogen) atoms. The molecule has 1 heterocycles. The average Bonchev–Trinajstić information content (AvgIpc) is 2.28. The fraction of sp³-hybridized carbons (Fsp3) is 1.00. The van der Waals surface area contributed by atoms with E-state index in [1.54, 1.807) is 7.11 Å². The standard InChI is InChI=1S/C13H25NO2/c1-11(15-3)12(2)9-14-10-13(16-12)7-5-4-6-8-13/h11,14H,4-10H2,1-3H3. The number of ether oxygens (including phenoxy) is 2. The van der Waals surface area contributed by atoms with Gasteiger partial charge in [0.05, 0.1) is 11.7 Å². The summed E-state index contributed by atoms with van der Waals surface area (Å²) in [5.41, 5.74) is -0.0949. The Morgan fingerprint density at radius 2 is 1.88 bits per heavy atom. The van der Waals surface area contributed by atoms with Crippen molar-refractivity contribution in [2.24, 2.45) is 0 Å². The summed E-state index contributed by atoms with van der Waals surface area (Å²) in [7, 11) is 1.77. The second-order valence-corrected chi connectivity index (χ2v) is 5.64. The number of hydrogen-bond acceptors (Lipinski definition) is 3. The van der Waals surface area contributed by atoms with E-state index < -0.39 is 0 Å². The van der Waals surface area contributed by atoms with Crippen molar-refractivity contribution in [1.82, 2.24) is 5.32 Å². The van der Waals surface area contributed by atoms with Crippen LogP contribution in [0.15, 0.2) is 0 Å². The summed E-state index contributed by atoms with van der Waals surface area (Å²) in [5, 5.41) is 3.55. The van der Waals surface area contributed by atoms with Gasteiger partial charge < -0.3 is 14.8 Å². The maximum absolute atomic E-state index is 6.47. The molecule has 0 radical (unpaired) electrons. The van der Waals surface area contributed by atoms with Crippen LogP contribution in [-0.4, -0.2) is 37.5 Å². The third-order valence-corrected chi connectivity index (χ3v) is 4.35. The topological polar surface area (TPSA) is 30.5 Å². The van der Waals surface area contributed by atoms with Gasteiger partial charge in [-0.2, -0.15) is 0 Å². The SMILES string of the molecule is COC(C)C1(C)CNCC2(CCCCC2)O1. The molecule has 0 amide bonds. The van der Waals surface area contributed by atoms with E-state index in [-0.39, 0.29) is 17.3 Å². The fourth-order valence-electron chi connectivity index (χ4n) is 3.06. The Morgan fingerprint density at radius 3 is 2.50 bits per heavy atom. The number of nitrogens with one attached hydrogen (secondary N) is 1. The maximum Gasteiger partial charge on any atom is 0.104 e. The Bertz CT molecular complexity index is 227. The molecule has 94 valence electrons. The molecule has 0 aromatic heterocycles. The monoisotopic (exact) mass is 227 g/mol. The number of morpholine rings is 1. The van der Waals surface area contributed by atoms with Gasteiger partial charge >= 0.3 is 0 Å². The Labute approximate surface area is 98.9 Å². The Morgan fingerprint density at radius 1 is 1.19 bits per heavy atom. The van der Waals surface area contributed by atoms with Crippen molar-refractivity contribution >= 4 is 0 Å². The third kappa shape index (κ3) is 2.27. The predicted octanol–water partition coefficient (Wildman–Crippen LogP) is 2.10. The zero-order chi connectivity index (χ0) is 11.6. The van der Waals surface area contributed by atoms with Gasteiger partial charge in [-0.15, -0.1) is 0 Å². The number of rotatable bonds is 2. The van der Waals surface area contributed by atoms with Crippen molar-refractivity contribution in [1.29, 1.82) is 0 Å². The molecule has 2 aliphatic rings. The first-order chi connectivity index (χ1) is 7.60. The van der Waals surface area contributed by atoms with Gasteiger partial charge in [-0.05, 0) is 26.7 Å². The highest BCUT2D eigenvalue weighted by Crippen LogP contribution is 2.38. The predicted molar refractivity (Wildman–Crippen MR) is 64.6 cm³/mol. The van der Waals surface area contributed by atoms with E-state index in [0.717, 1.165) is 13.1 Å². The average molecular weight is 227 g/mol. The van der Waals surface area contributed by atoms with Gasteiger partial charge in [0, 0.05) is 20.2 Å². The van der Waals surface area contributed by atoms with Gasteiger partial charge in [-0.25, -0.2) is 0 Å². The molecule has 1 aliphatic carbocycles. The van der Waals surface area contributed by atoms with E-state index in [1.165, 1.54) is 32.1 Å². The molecule has 1 saturated heterocycles. The summed E-state index contributed by atoms with van der Waals surface area (Å²) in [6, 6.07) is 0. The zero-order valence-corrected chi connectivity index (χ0v) is 10.8. The minimum atomic E-state index is -0.176. The lowest BCUT2D eigenvalue weighted by Gasteiger charge is -2.50. The largest absolute Gasteiger partial charge is 0.379 e. The van der Waals surface area contributed by atoms with Crippen LogP contribution in [0.5, 0.6) is 0 Å². The highest BCUT2D eigenvalue weighted by molar-refractivity contribution is 4.98. The van der Waals surface area contributed by atoms with Crippen LogP contribution < -0.4 is 5.32 Å². The smallest absolute Gasteiger partial charge is 0.104 e. The molecular weight excluding hydrogens is 202 g/mol. The lowest BCUT2D eigenvalue weighted by atomic mass is 9.81. The van der Waals surface area contributed by atoms with Crippen LogP contribution in [0.1, 0.15) is 46.0 Å². The van der Waals surface area contributed by atoms with Crippen molar-refractivity contribution in [2.45, 2.75) is 63.3 Å². The molecule has 3 nitrogen and oxygen atoms in total. The van der Waals surface area contributed by atoms with Crippen LogP contribution in [0, 0.1) is 0 Å². The Kier molecular flexibility index (Phi) is 3.57. The lowest BCUT2D eigenvalue weighted by Crippen LogP contribution is -2.63. The van der Waals surface area contributed by atoms with Crippen molar-refractivity contribution in [3.05, 3.63) is 0 Å². The molecule has 1 spiro atoms. The molecular formula is C13H25NO2. The van der Waals surface area contributed by atoms with Crippen molar-refractivity contribution in [3.63, 3.8) is 0 Å². The summed E-state index contributed by atoms with van der Waals surface area (Å²) in [6.45, 7) is 6.18. The summed E-state index contributed by atoms with van der Waals surface area (Å²) in [5.74, 6) is 0. The number of methoxy groups -OCH3 is 1. The highest BCUT2D eigenvalue weighted by atomic mass is 16.6. The van der Waals surface area contributed by atoms with Crippen molar-refractivity contribution in [3.8, 4) is 0 Å². The second kappa shape index (κ2) is 4.63. The van der Waals surface area contributed by atoms with Crippen LogP contribution in [0.2, 0.25) is 0 Å². The normalized spacial score (nSPS) is 36.2. The van der Waals surface area contributed by atoms with E-state index >= 15 is 0 Å². The summed E-state index contributed by atoms with van der Waals surface area (Å²) >= 11 is 0. The Hall–Kier alpha value is -0.120. The summed E-state index contributed by atoms with van der Waals surface area (Å²) in [6.07, 6.45) is 6.51. The van der Waals surface area contributed by atoms with E-state index in [4.69, 9.17) is 9.47 Å². The molecule has 0 aromatic rings. The Balaban J connectivity index is 2.07. The van der Waals surface area contributed by atoms with Crippen molar-refractivity contribution < 1.29 is 9.47 Å². The first-order valence-electron chi connectivity index (χ1n) is 6.54. The van der Waals surface area contributed by atoms with Crippen molar-refractivity contribution in [2.75, 3.05) is 20.2 Å². The summed E-state index contributed by atoms with van der Waals surface area (Å²) < 4.78 is 11.9. The minimum absolute atomic E-state index is 0.0814. The molecule has 1 saturated carbocycles.